The molecule has 1 heterocycles. The molecule has 1 aliphatic rings. The molecular weight excluding hydrogens is 334 g/mol. The van der Waals surface area contributed by atoms with Gasteiger partial charge < -0.3 is 24.6 Å². The Morgan fingerprint density at radius 2 is 1.85 bits per heavy atom. The van der Waals surface area contributed by atoms with Crippen molar-refractivity contribution < 1.29 is 19.1 Å². The summed E-state index contributed by atoms with van der Waals surface area (Å²) < 4.78 is 10.5. The highest BCUT2D eigenvalue weighted by atomic mass is 16.5. The number of carbonyl (C=O) groups excluding carboxylic acids is 2. The summed E-state index contributed by atoms with van der Waals surface area (Å²) in [5.41, 5.74) is 0.583. The van der Waals surface area contributed by atoms with Crippen LogP contribution in [0.25, 0.3) is 0 Å². The summed E-state index contributed by atoms with van der Waals surface area (Å²) in [6.07, 6.45) is 0.326. The molecule has 26 heavy (non-hydrogen) atoms. The van der Waals surface area contributed by atoms with E-state index >= 15 is 0 Å². The minimum absolute atomic E-state index is 0.0911. The second-order valence-corrected chi connectivity index (χ2v) is 6.12. The number of hydrogen-bond acceptors (Lipinski definition) is 5. The average molecular weight is 363 g/mol. The molecule has 2 rings (SSSR count). The van der Waals surface area contributed by atoms with Crippen LogP contribution in [0, 0.1) is 0 Å². The maximum Gasteiger partial charge on any atom is 0.253 e. The summed E-state index contributed by atoms with van der Waals surface area (Å²) in [7, 11) is 1.60. The zero-order chi connectivity index (χ0) is 18.8. The predicted molar refractivity (Wildman–Crippen MR) is 99.5 cm³/mol. The number of methoxy groups -OCH3 is 1. The van der Waals surface area contributed by atoms with Crippen LogP contribution in [-0.4, -0.2) is 81.2 Å². The van der Waals surface area contributed by atoms with E-state index in [4.69, 9.17) is 9.47 Å². The molecule has 0 atom stereocenters. The normalized spacial score (nSPS) is 14.2. The van der Waals surface area contributed by atoms with Crippen LogP contribution in [0.15, 0.2) is 24.3 Å². The van der Waals surface area contributed by atoms with Crippen molar-refractivity contribution in [3.8, 4) is 5.75 Å². The third-order valence-corrected chi connectivity index (χ3v) is 4.33. The minimum Gasteiger partial charge on any atom is -0.494 e. The summed E-state index contributed by atoms with van der Waals surface area (Å²) in [5, 5.41) is 3.23. The highest BCUT2D eigenvalue weighted by Crippen LogP contribution is 2.14. The highest BCUT2D eigenvalue weighted by Gasteiger charge is 2.20. The van der Waals surface area contributed by atoms with Gasteiger partial charge in [-0.25, -0.2) is 0 Å². The van der Waals surface area contributed by atoms with Gasteiger partial charge in [0.15, 0.2) is 0 Å². The Morgan fingerprint density at radius 1 is 1.15 bits per heavy atom. The van der Waals surface area contributed by atoms with E-state index in [1.54, 1.807) is 36.3 Å². The Morgan fingerprint density at radius 3 is 2.46 bits per heavy atom. The summed E-state index contributed by atoms with van der Waals surface area (Å²) in [4.78, 5) is 28.7. The van der Waals surface area contributed by atoms with Gasteiger partial charge in [0.2, 0.25) is 5.91 Å². The van der Waals surface area contributed by atoms with Crippen LogP contribution in [0.2, 0.25) is 0 Å². The van der Waals surface area contributed by atoms with Crippen molar-refractivity contribution in [1.29, 1.82) is 0 Å². The van der Waals surface area contributed by atoms with Crippen LogP contribution in [-0.2, 0) is 9.53 Å². The quantitative estimate of drug-likeness (QED) is 0.709. The van der Waals surface area contributed by atoms with Crippen molar-refractivity contribution in [3.05, 3.63) is 29.8 Å². The largest absolute Gasteiger partial charge is 0.494 e. The molecule has 0 aromatic heterocycles. The van der Waals surface area contributed by atoms with Crippen LogP contribution in [0.1, 0.15) is 23.7 Å². The number of piperazine rings is 1. The third-order valence-electron chi connectivity index (χ3n) is 4.33. The Hall–Kier alpha value is -2.12. The summed E-state index contributed by atoms with van der Waals surface area (Å²) in [5.74, 6) is 0.730. The molecular formula is C19H29N3O4. The summed E-state index contributed by atoms with van der Waals surface area (Å²) >= 11 is 0. The van der Waals surface area contributed by atoms with E-state index < -0.39 is 0 Å². The molecule has 0 unspecified atom stereocenters. The second kappa shape index (κ2) is 10.8. The summed E-state index contributed by atoms with van der Waals surface area (Å²) in [6.45, 7) is 6.88. The minimum atomic E-state index is -0.0989. The molecule has 1 aromatic carbocycles. The highest BCUT2D eigenvalue weighted by molar-refractivity contribution is 5.94. The lowest BCUT2D eigenvalue weighted by Crippen LogP contribution is -2.47. The van der Waals surface area contributed by atoms with Crippen molar-refractivity contribution in [2.75, 3.05) is 59.6 Å². The van der Waals surface area contributed by atoms with Crippen molar-refractivity contribution >= 4 is 11.8 Å². The molecule has 1 aromatic rings. The number of amides is 2. The fraction of sp³-hybridized carbons (Fsp3) is 0.579. The van der Waals surface area contributed by atoms with E-state index in [1.807, 2.05) is 11.8 Å². The maximum atomic E-state index is 12.8. The van der Waals surface area contributed by atoms with E-state index in [1.165, 1.54) is 0 Å². The van der Waals surface area contributed by atoms with E-state index in [0.29, 0.717) is 38.3 Å². The smallest absolute Gasteiger partial charge is 0.253 e. The van der Waals surface area contributed by atoms with Gasteiger partial charge in [0.25, 0.3) is 5.91 Å². The van der Waals surface area contributed by atoms with Gasteiger partial charge in [-0.15, -0.1) is 0 Å². The standard InChI is InChI=1S/C19H29N3O4/c1-3-26-17-6-4-16(5-7-17)19(24)22(14-15-25-2)11-8-18(23)21-12-9-20-10-13-21/h4-7,20H,3,8-15H2,1-2H3. The molecule has 0 spiro atoms. The topological polar surface area (TPSA) is 71.1 Å². The maximum absolute atomic E-state index is 12.8. The number of hydrogen-bond donors (Lipinski definition) is 1. The van der Waals surface area contributed by atoms with Gasteiger partial charge in [0.1, 0.15) is 5.75 Å². The van der Waals surface area contributed by atoms with Crippen LogP contribution in [0.4, 0.5) is 0 Å². The fourth-order valence-corrected chi connectivity index (χ4v) is 2.86. The monoisotopic (exact) mass is 363 g/mol. The zero-order valence-electron chi connectivity index (χ0n) is 15.7. The number of ether oxygens (including phenoxy) is 2. The van der Waals surface area contributed by atoms with Crippen molar-refractivity contribution in [3.63, 3.8) is 0 Å². The Balaban J connectivity index is 1.95. The Kier molecular flexibility index (Phi) is 8.37. The van der Waals surface area contributed by atoms with Gasteiger partial charge in [0.05, 0.1) is 13.2 Å². The molecule has 0 radical (unpaired) electrons. The first-order valence-corrected chi connectivity index (χ1v) is 9.15. The van der Waals surface area contributed by atoms with E-state index in [0.717, 1.165) is 31.9 Å². The van der Waals surface area contributed by atoms with Crippen LogP contribution in [0.3, 0.4) is 0 Å². The number of benzene rings is 1. The lowest BCUT2D eigenvalue weighted by atomic mass is 10.2. The molecule has 1 N–H and O–H groups in total. The molecule has 1 fully saturated rings. The number of rotatable bonds is 9. The van der Waals surface area contributed by atoms with Gasteiger partial charge in [-0.05, 0) is 31.2 Å². The molecule has 144 valence electrons. The first kappa shape index (κ1) is 20.2. The molecule has 7 nitrogen and oxygen atoms in total. The Labute approximate surface area is 155 Å². The SMILES string of the molecule is CCOc1ccc(C(=O)N(CCOC)CCC(=O)N2CCNCC2)cc1. The van der Waals surface area contributed by atoms with Crippen LogP contribution >= 0.6 is 0 Å². The van der Waals surface area contributed by atoms with Crippen molar-refractivity contribution in [2.45, 2.75) is 13.3 Å². The first-order chi connectivity index (χ1) is 12.7. The Bertz CT molecular complexity index is 571. The van der Waals surface area contributed by atoms with Crippen molar-refractivity contribution in [2.24, 2.45) is 0 Å². The van der Waals surface area contributed by atoms with Gasteiger partial charge in [-0.1, -0.05) is 0 Å². The van der Waals surface area contributed by atoms with Gasteiger partial charge in [-0.2, -0.15) is 0 Å². The molecule has 0 saturated carbocycles. The van der Waals surface area contributed by atoms with E-state index in [9.17, 15) is 9.59 Å². The fourth-order valence-electron chi connectivity index (χ4n) is 2.86. The van der Waals surface area contributed by atoms with E-state index in [-0.39, 0.29) is 11.8 Å². The van der Waals surface area contributed by atoms with E-state index in [2.05, 4.69) is 5.32 Å². The number of nitrogens with zero attached hydrogens (tertiary/aromatic N) is 2. The van der Waals surface area contributed by atoms with Crippen molar-refractivity contribution in [1.82, 2.24) is 15.1 Å². The third kappa shape index (κ3) is 6.00. The predicted octanol–water partition coefficient (Wildman–Crippen LogP) is 0.996. The van der Waals surface area contributed by atoms with Gasteiger partial charge >= 0.3 is 0 Å². The molecule has 0 aliphatic carbocycles. The zero-order valence-corrected chi connectivity index (χ0v) is 15.7. The second-order valence-electron chi connectivity index (χ2n) is 6.12. The van der Waals surface area contributed by atoms with Crippen LogP contribution < -0.4 is 10.1 Å². The molecule has 0 bridgehead atoms. The number of nitrogens with one attached hydrogen (secondary N) is 1. The molecule has 1 aliphatic heterocycles. The number of carbonyl (C=O) groups is 2. The lowest BCUT2D eigenvalue weighted by molar-refractivity contribution is -0.132. The molecule has 2 amide bonds. The van der Waals surface area contributed by atoms with Gasteiger partial charge in [0, 0.05) is 58.4 Å². The molecule has 1 saturated heterocycles. The lowest BCUT2D eigenvalue weighted by Gasteiger charge is -2.29. The van der Waals surface area contributed by atoms with Crippen LogP contribution in [0.5, 0.6) is 5.75 Å². The average Bonchev–Trinajstić information content (AvgIpc) is 2.69. The van der Waals surface area contributed by atoms with Gasteiger partial charge in [-0.3, -0.25) is 9.59 Å². The summed E-state index contributed by atoms with van der Waals surface area (Å²) in [6, 6.07) is 7.09. The first-order valence-electron chi connectivity index (χ1n) is 9.15. The molecule has 7 heteroatoms.